The number of rotatable bonds is 4. The molecule has 98 valence electrons. The van der Waals surface area contributed by atoms with E-state index in [0.717, 1.165) is 31.4 Å². The van der Waals surface area contributed by atoms with Crippen LogP contribution in [0.15, 0.2) is 24.3 Å². The minimum atomic E-state index is -0.782. The van der Waals surface area contributed by atoms with Gasteiger partial charge in [-0.15, -0.1) is 0 Å². The summed E-state index contributed by atoms with van der Waals surface area (Å²) in [6.07, 6.45) is 3.47. The first-order valence-electron chi connectivity index (χ1n) is 6.62. The summed E-state index contributed by atoms with van der Waals surface area (Å²) in [6, 6.07) is 7.94. The van der Waals surface area contributed by atoms with E-state index in [-0.39, 0.29) is 5.91 Å². The number of carbonyl (C=O) groups is 1. The van der Waals surface area contributed by atoms with Gasteiger partial charge in [-0.2, -0.15) is 0 Å². The van der Waals surface area contributed by atoms with Gasteiger partial charge in [0.25, 0.3) is 5.91 Å². The molecule has 1 aromatic rings. The average molecular weight is 247 g/mol. The summed E-state index contributed by atoms with van der Waals surface area (Å²) in [5.74, 6) is 0.860. The molecule has 0 aliphatic heterocycles. The molecule has 1 amide bonds. The molecule has 0 aromatic heterocycles. The van der Waals surface area contributed by atoms with E-state index < -0.39 is 5.60 Å². The quantitative estimate of drug-likeness (QED) is 0.889. The average Bonchev–Trinajstić information content (AvgIpc) is 2.79. The van der Waals surface area contributed by atoms with E-state index >= 15 is 0 Å². The summed E-state index contributed by atoms with van der Waals surface area (Å²) in [4.78, 5) is 11.6. The molecule has 3 nitrogen and oxygen atoms in total. The van der Waals surface area contributed by atoms with Crippen LogP contribution >= 0.6 is 0 Å². The molecule has 1 fully saturated rings. The largest absolute Gasteiger partial charge is 0.477 e. The van der Waals surface area contributed by atoms with Gasteiger partial charge in [-0.05, 0) is 49.3 Å². The molecule has 0 unspecified atom stereocenters. The van der Waals surface area contributed by atoms with Crippen LogP contribution in [0.4, 0.5) is 0 Å². The Morgan fingerprint density at radius 3 is 2.56 bits per heavy atom. The van der Waals surface area contributed by atoms with Gasteiger partial charge in [-0.1, -0.05) is 26.0 Å². The number of nitrogens with two attached hydrogens (primary N) is 1. The molecule has 0 atom stereocenters. The Bertz CT molecular complexity index is 434. The normalized spacial score (nSPS) is 17.9. The molecule has 0 saturated heterocycles. The van der Waals surface area contributed by atoms with Crippen LogP contribution in [-0.4, -0.2) is 11.5 Å². The summed E-state index contributed by atoms with van der Waals surface area (Å²) in [5.41, 5.74) is 5.95. The number of carbonyl (C=O) groups excluding carboxylic acids is 1. The van der Waals surface area contributed by atoms with Crippen molar-refractivity contribution in [1.82, 2.24) is 0 Å². The van der Waals surface area contributed by atoms with E-state index in [4.69, 9.17) is 10.5 Å². The lowest BCUT2D eigenvalue weighted by atomic mass is 10.0. The van der Waals surface area contributed by atoms with Gasteiger partial charge >= 0.3 is 0 Å². The number of ether oxygens (including phenoxy) is 1. The number of amides is 1. The zero-order valence-corrected chi connectivity index (χ0v) is 11.1. The number of benzene rings is 1. The molecule has 0 spiro atoms. The molecule has 1 aromatic carbocycles. The topological polar surface area (TPSA) is 52.3 Å². The second-order valence-corrected chi connectivity index (χ2v) is 5.39. The second-order valence-electron chi connectivity index (χ2n) is 5.39. The van der Waals surface area contributed by atoms with E-state index in [1.807, 2.05) is 18.2 Å². The van der Waals surface area contributed by atoms with Crippen LogP contribution in [0.25, 0.3) is 0 Å². The third-order valence-corrected chi connectivity index (χ3v) is 3.70. The van der Waals surface area contributed by atoms with Crippen molar-refractivity contribution >= 4 is 5.91 Å². The Balaban J connectivity index is 2.22. The van der Waals surface area contributed by atoms with Crippen molar-refractivity contribution < 1.29 is 9.53 Å². The zero-order valence-electron chi connectivity index (χ0n) is 11.1. The number of hydrogen-bond donors (Lipinski definition) is 1. The highest BCUT2D eigenvalue weighted by molar-refractivity contribution is 5.84. The van der Waals surface area contributed by atoms with Gasteiger partial charge in [0, 0.05) is 0 Å². The fourth-order valence-electron chi connectivity index (χ4n) is 2.51. The summed E-state index contributed by atoms with van der Waals surface area (Å²) in [5, 5.41) is 0. The van der Waals surface area contributed by atoms with Crippen molar-refractivity contribution in [2.75, 3.05) is 0 Å². The van der Waals surface area contributed by atoms with E-state index in [2.05, 4.69) is 19.9 Å². The molecule has 2 rings (SSSR count). The third kappa shape index (κ3) is 2.50. The van der Waals surface area contributed by atoms with Crippen LogP contribution in [0.5, 0.6) is 5.75 Å². The lowest BCUT2D eigenvalue weighted by Gasteiger charge is -2.27. The third-order valence-electron chi connectivity index (χ3n) is 3.70. The van der Waals surface area contributed by atoms with Crippen LogP contribution in [0.1, 0.15) is 51.0 Å². The lowest BCUT2D eigenvalue weighted by Crippen LogP contribution is -2.46. The van der Waals surface area contributed by atoms with Gasteiger partial charge in [-0.3, -0.25) is 4.79 Å². The van der Waals surface area contributed by atoms with Crippen molar-refractivity contribution in [2.24, 2.45) is 5.73 Å². The molecule has 0 heterocycles. The summed E-state index contributed by atoms with van der Waals surface area (Å²) >= 11 is 0. The highest BCUT2D eigenvalue weighted by Crippen LogP contribution is 2.35. The zero-order chi connectivity index (χ0) is 13.2. The van der Waals surface area contributed by atoms with Crippen molar-refractivity contribution in [3.8, 4) is 5.75 Å². The van der Waals surface area contributed by atoms with E-state index in [1.165, 1.54) is 5.56 Å². The van der Waals surface area contributed by atoms with Gasteiger partial charge in [0.2, 0.25) is 0 Å². The summed E-state index contributed by atoms with van der Waals surface area (Å²) in [7, 11) is 0. The van der Waals surface area contributed by atoms with E-state index in [9.17, 15) is 4.79 Å². The molecule has 0 bridgehead atoms. The van der Waals surface area contributed by atoms with Gasteiger partial charge in [0.15, 0.2) is 5.60 Å². The lowest BCUT2D eigenvalue weighted by molar-refractivity contribution is -0.132. The highest BCUT2D eigenvalue weighted by Gasteiger charge is 2.42. The van der Waals surface area contributed by atoms with Gasteiger partial charge < -0.3 is 10.5 Å². The van der Waals surface area contributed by atoms with Crippen molar-refractivity contribution in [3.05, 3.63) is 29.8 Å². The summed E-state index contributed by atoms with van der Waals surface area (Å²) < 4.78 is 5.94. The van der Waals surface area contributed by atoms with Crippen molar-refractivity contribution in [1.29, 1.82) is 0 Å². The van der Waals surface area contributed by atoms with Crippen LogP contribution < -0.4 is 10.5 Å². The first-order chi connectivity index (χ1) is 8.53. The standard InChI is InChI=1S/C15H21NO2/c1-11(2)12-6-5-7-13(10-12)18-15(14(16)17)8-3-4-9-15/h5-7,10-11H,3-4,8-9H2,1-2H3,(H2,16,17). The Morgan fingerprint density at radius 2 is 2.00 bits per heavy atom. The highest BCUT2D eigenvalue weighted by atomic mass is 16.5. The van der Waals surface area contributed by atoms with E-state index in [0.29, 0.717) is 5.92 Å². The molecular weight excluding hydrogens is 226 g/mol. The molecule has 1 aliphatic carbocycles. The van der Waals surface area contributed by atoms with Crippen LogP contribution in [-0.2, 0) is 4.79 Å². The SMILES string of the molecule is CC(C)c1cccc(OC2(C(N)=O)CCCC2)c1. The minimum Gasteiger partial charge on any atom is -0.477 e. The molecule has 1 aliphatic rings. The van der Waals surface area contributed by atoms with Crippen LogP contribution in [0.2, 0.25) is 0 Å². The second kappa shape index (κ2) is 5.01. The molecule has 3 heteroatoms. The maximum absolute atomic E-state index is 11.6. The van der Waals surface area contributed by atoms with E-state index in [1.54, 1.807) is 0 Å². The van der Waals surface area contributed by atoms with Crippen LogP contribution in [0.3, 0.4) is 0 Å². The summed E-state index contributed by atoms with van der Waals surface area (Å²) in [6.45, 7) is 4.27. The predicted octanol–water partition coefficient (Wildman–Crippen LogP) is 2.99. The molecule has 1 saturated carbocycles. The van der Waals surface area contributed by atoms with Crippen LogP contribution in [0, 0.1) is 0 Å². The fourth-order valence-corrected chi connectivity index (χ4v) is 2.51. The maximum Gasteiger partial charge on any atom is 0.261 e. The van der Waals surface area contributed by atoms with Gasteiger partial charge in [0.1, 0.15) is 5.75 Å². The monoisotopic (exact) mass is 247 g/mol. The van der Waals surface area contributed by atoms with Gasteiger partial charge in [-0.25, -0.2) is 0 Å². The molecule has 18 heavy (non-hydrogen) atoms. The first-order valence-corrected chi connectivity index (χ1v) is 6.62. The Labute approximate surface area is 108 Å². The van der Waals surface area contributed by atoms with Crippen molar-refractivity contribution in [3.63, 3.8) is 0 Å². The van der Waals surface area contributed by atoms with Crippen molar-refractivity contribution in [2.45, 2.75) is 51.0 Å². The molecular formula is C15H21NO2. The Morgan fingerprint density at radius 1 is 1.33 bits per heavy atom. The predicted molar refractivity (Wildman–Crippen MR) is 71.6 cm³/mol. The smallest absolute Gasteiger partial charge is 0.261 e. The molecule has 0 radical (unpaired) electrons. The Kier molecular flexibility index (Phi) is 3.60. The maximum atomic E-state index is 11.6. The Hall–Kier alpha value is -1.51. The van der Waals surface area contributed by atoms with Gasteiger partial charge in [0.05, 0.1) is 0 Å². The fraction of sp³-hybridized carbons (Fsp3) is 0.533. The first kappa shape index (κ1) is 12.9. The molecule has 2 N–H and O–H groups in total. The number of primary amides is 1. The minimum absolute atomic E-state index is 0.338. The number of hydrogen-bond acceptors (Lipinski definition) is 2.